The molecule has 0 aliphatic carbocycles. The number of halogens is 2. The van der Waals surface area contributed by atoms with Gasteiger partial charge in [-0.15, -0.1) is 0 Å². The van der Waals surface area contributed by atoms with Gasteiger partial charge in [0.1, 0.15) is 4.90 Å². The summed E-state index contributed by atoms with van der Waals surface area (Å²) in [7, 11) is -4.00. The van der Waals surface area contributed by atoms with Crippen LogP contribution in [0.2, 0.25) is 10.0 Å². The van der Waals surface area contributed by atoms with Gasteiger partial charge in [-0.05, 0) is 54.1 Å². The van der Waals surface area contributed by atoms with E-state index in [1.54, 1.807) is 36.4 Å². The van der Waals surface area contributed by atoms with Crippen molar-refractivity contribution in [1.29, 1.82) is 5.26 Å². The molecule has 0 fully saturated rings. The number of hydrogen-bond donors (Lipinski definition) is 2. The number of anilines is 1. The maximum absolute atomic E-state index is 12.6. The highest BCUT2D eigenvalue weighted by molar-refractivity contribution is 7.92. The molecule has 0 radical (unpaired) electrons. The Kier molecular flexibility index (Phi) is 6.63. The number of carbonyl (C=O) groups excluding carboxylic acids is 1. The number of hydrogen-bond acceptors (Lipinski definition) is 4. The van der Waals surface area contributed by atoms with Crippen LogP contribution in [0.5, 0.6) is 0 Å². The molecule has 6 nitrogen and oxygen atoms in total. The van der Waals surface area contributed by atoms with Gasteiger partial charge in [0.05, 0.1) is 16.7 Å². The number of nitriles is 1. The first-order valence-electron chi connectivity index (χ1n) is 8.64. The summed E-state index contributed by atoms with van der Waals surface area (Å²) in [6.07, 6.45) is 0. The van der Waals surface area contributed by atoms with Crippen LogP contribution < -0.4 is 10.0 Å². The Morgan fingerprint density at radius 3 is 2.43 bits per heavy atom. The first-order chi connectivity index (χ1) is 14.3. The number of nitrogens with one attached hydrogen (secondary N) is 2. The van der Waals surface area contributed by atoms with E-state index in [0.29, 0.717) is 5.56 Å². The summed E-state index contributed by atoms with van der Waals surface area (Å²) in [6.45, 7) is 0.263. The van der Waals surface area contributed by atoms with Gasteiger partial charge in [-0.3, -0.25) is 9.52 Å². The van der Waals surface area contributed by atoms with Crippen LogP contribution in [0.25, 0.3) is 0 Å². The van der Waals surface area contributed by atoms with E-state index in [0.717, 1.165) is 5.56 Å². The molecule has 0 aromatic heterocycles. The minimum absolute atomic E-state index is 0.0308. The van der Waals surface area contributed by atoms with Crippen molar-refractivity contribution in [2.75, 3.05) is 4.72 Å². The predicted octanol–water partition coefficient (Wildman–Crippen LogP) is 4.60. The van der Waals surface area contributed by atoms with Crippen molar-refractivity contribution in [1.82, 2.24) is 5.32 Å². The number of benzene rings is 3. The molecule has 0 bridgehead atoms. The van der Waals surface area contributed by atoms with Crippen molar-refractivity contribution in [2.24, 2.45) is 0 Å². The van der Waals surface area contributed by atoms with Crippen molar-refractivity contribution < 1.29 is 13.2 Å². The number of rotatable bonds is 6. The molecule has 0 aliphatic rings. The second-order valence-corrected chi connectivity index (χ2v) is 8.75. The van der Waals surface area contributed by atoms with Crippen molar-refractivity contribution >= 4 is 44.8 Å². The van der Waals surface area contributed by atoms with Crippen molar-refractivity contribution in [3.8, 4) is 6.07 Å². The highest BCUT2D eigenvalue weighted by atomic mass is 35.5. The van der Waals surface area contributed by atoms with Crippen LogP contribution in [0, 0.1) is 11.3 Å². The van der Waals surface area contributed by atoms with Gasteiger partial charge in [0.2, 0.25) is 0 Å². The maximum atomic E-state index is 12.6. The molecule has 0 spiro atoms. The van der Waals surface area contributed by atoms with Crippen molar-refractivity contribution in [3.63, 3.8) is 0 Å². The van der Waals surface area contributed by atoms with E-state index in [1.807, 2.05) is 6.07 Å². The molecule has 0 saturated carbocycles. The van der Waals surface area contributed by atoms with Crippen LogP contribution in [-0.2, 0) is 16.6 Å². The fraction of sp³-hybridized carbons (Fsp3) is 0.0476. The summed E-state index contributed by atoms with van der Waals surface area (Å²) < 4.78 is 27.7. The number of amides is 1. The Morgan fingerprint density at radius 2 is 1.73 bits per heavy atom. The quantitative estimate of drug-likeness (QED) is 0.562. The van der Waals surface area contributed by atoms with Gasteiger partial charge in [0.25, 0.3) is 15.9 Å². The van der Waals surface area contributed by atoms with E-state index in [2.05, 4.69) is 10.0 Å². The largest absolute Gasteiger partial charge is 0.348 e. The van der Waals surface area contributed by atoms with E-state index in [1.165, 1.54) is 30.3 Å². The minimum atomic E-state index is -4.00. The van der Waals surface area contributed by atoms with Crippen LogP contribution in [0.15, 0.2) is 71.6 Å². The molecular formula is C21H15Cl2N3O3S. The molecular weight excluding hydrogens is 445 g/mol. The van der Waals surface area contributed by atoms with Crippen molar-refractivity contribution in [3.05, 3.63) is 93.5 Å². The van der Waals surface area contributed by atoms with Gasteiger partial charge >= 0.3 is 0 Å². The van der Waals surface area contributed by atoms with E-state index >= 15 is 0 Å². The topological polar surface area (TPSA) is 99.1 Å². The monoisotopic (exact) mass is 459 g/mol. The summed E-state index contributed by atoms with van der Waals surface area (Å²) in [4.78, 5) is 12.3. The average molecular weight is 460 g/mol. The molecule has 2 N–H and O–H groups in total. The summed E-state index contributed by atoms with van der Waals surface area (Å²) in [5, 5.41) is 11.8. The number of sulfonamides is 1. The minimum Gasteiger partial charge on any atom is -0.348 e. The second kappa shape index (κ2) is 9.18. The third kappa shape index (κ3) is 5.30. The highest BCUT2D eigenvalue weighted by Gasteiger charge is 2.19. The summed E-state index contributed by atoms with van der Waals surface area (Å²) in [5.41, 5.74) is 1.85. The van der Waals surface area contributed by atoms with E-state index in [-0.39, 0.29) is 38.6 Å². The summed E-state index contributed by atoms with van der Waals surface area (Å²) in [6, 6.07) is 19.1. The van der Waals surface area contributed by atoms with Gasteiger partial charge in [-0.1, -0.05) is 41.4 Å². The average Bonchev–Trinajstić information content (AvgIpc) is 2.74. The molecule has 0 atom stereocenters. The lowest BCUT2D eigenvalue weighted by Gasteiger charge is -2.11. The van der Waals surface area contributed by atoms with Crippen LogP contribution in [-0.4, -0.2) is 14.3 Å². The summed E-state index contributed by atoms with van der Waals surface area (Å²) in [5.74, 6) is -0.374. The van der Waals surface area contributed by atoms with Gasteiger partial charge in [0, 0.05) is 22.8 Å². The normalized spacial score (nSPS) is 10.8. The van der Waals surface area contributed by atoms with Crippen LogP contribution in [0.4, 0.5) is 5.69 Å². The Morgan fingerprint density at radius 1 is 1.00 bits per heavy atom. The Labute approximate surface area is 184 Å². The lowest BCUT2D eigenvalue weighted by molar-refractivity contribution is 0.0951. The zero-order valence-electron chi connectivity index (χ0n) is 15.4. The molecule has 3 aromatic carbocycles. The standard InChI is InChI=1S/C21H15Cl2N3O3S/c22-17-8-9-19(23)20(11-17)30(28,29)26-18-3-1-2-16(10-18)21(27)25-13-15-6-4-14(12-24)5-7-15/h1-11,26H,13H2,(H,25,27). The number of carbonyl (C=O) groups is 1. The fourth-order valence-corrected chi connectivity index (χ4v) is 4.41. The van der Waals surface area contributed by atoms with Crippen LogP contribution in [0.3, 0.4) is 0 Å². The molecule has 9 heteroatoms. The van der Waals surface area contributed by atoms with Gasteiger partial charge in [-0.2, -0.15) is 5.26 Å². The molecule has 0 aliphatic heterocycles. The second-order valence-electron chi connectivity index (χ2n) is 6.25. The zero-order chi connectivity index (χ0) is 21.7. The number of nitrogens with zero attached hydrogens (tertiary/aromatic N) is 1. The molecule has 3 aromatic rings. The predicted molar refractivity (Wildman–Crippen MR) is 116 cm³/mol. The zero-order valence-corrected chi connectivity index (χ0v) is 17.7. The molecule has 3 rings (SSSR count). The Balaban J connectivity index is 1.72. The first kappa shape index (κ1) is 21.7. The molecule has 0 saturated heterocycles. The van der Waals surface area contributed by atoms with Gasteiger partial charge in [0.15, 0.2) is 0 Å². The lowest BCUT2D eigenvalue weighted by Crippen LogP contribution is -2.23. The van der Waals surface area contributed by atoms with Crippen LogP contribution >= 0.6 is 23.2 Å². The molecule has 0 unspecified atom stereocenters. The van der Waals surface area contributed by atoms with Gasteiger partial charge in [-0.25, -0.2) is 8.42 Å². The molecule has 1 amide bonds. The van der Waals surface area contributed by atoms with E-state index < -0.39 is 10.0 Å². The lowest BCUT2D eigenvalue weighted by atomic mass is 10.1. The highest BCUT2D eigenvalue weighted by Crippen LogP contribution is 2.27. The fourth-order valence-electron chi connectivity index (χ4n) is 2.60. The van der Waals surface area contributed by atoms with Crippen LogP contribution in [0.1, 0.15) is 21.5 Å². The maximum Gasteiger partial charge on any atom is 0.263 e. The Hall–Kier alpha value is -3.05. The molecule has 30 heavy (non-hydrogen) atoms. The smallest absolute Gasteiger partial charge is 0.263 e. The van der Waals surface area contributed by atoms with Crippen molar-refractivity contribution in [2.45, 2.75) is 11.4 Å². The Bertz CT molecular complexity index is 1240. The van der Waals surface area contributed by atoms with Gasteiger partial charge < -0.3 is 5.32 Å². The summed E-state index contributed by atoms with van der Waals surface area (Å²) >= 11 is 11.9. The third-order valence-corrected chi connectivity index (χ3v) is 6.19. The molecule has 152 valence electrons. The first-order valence-corrected chi connectivity index (χ1v) is 10.9. The van der Waals surface area contributed by atoms with E-state index in [9.17, 15) is 13.2 Å². The SMILES string of the molecule is N#Cc1ccc(CNC(=O)c2cccc(NS(=O)(=O)c3cc(Cl)ccc3Cl)c2)cc1. The van der Waals surface area contributed by atoms with E-state index in [4.69, 9.17) is 28.5 Å². The third-order valence-electron chi connectivity index (χ3n) is 4.10. The molecule has 0 heterocycles.